The number of rotatable bonds is 17. The number of carbonyl (C=O) groups excluding carboxylic acids is 2. The van der Waals surface area contributed by atoms with Gasteiger partial charge in [0.05, 0.1) is 13.0 Å². The first-order chi connectivity index (χ1) is 15.2. The van der Waals surface area contributed by atoms with Crippen molar-refractivity contribution in [2.24, 2.45) is 20.7 Å². The lowest BCUT2D eigenvalue weighted by molar-refractivity contribution is -0.143. The van der Waals surface area contributed by atoms with Crippen molar-refractivity contribution in [1.29, 1.82) is 0 Å². The van der Waals surface area contributed by atoms with Gasteiger partial charge in [0, 0.05) is 12.0 Å². The van der Waals surface area contributed by atoms with Crippen molar-refractivity contribution in [1.82, 2.24) is 0 Å². The van der Waals surface area contributed by atoms with Gasteiger partial charge in [-0.3, -0.25) is 9.59 Å². The van der Waals surface area contributed by atoms with Crippen LogP contribution >= 0.6 is 0 Å². The van der Waals surface area contributed by atoms with Crippen molar-refractivity contribution in [3.63, 3.8) is 0 Å². The van der Waals surface area contributed by atoms with E-state index in [1.165, 1.54) is 57.8 Å². The topological polar surface area (TPSA) is 92.8 Å². The lowest BCUT2D eigenvalue weighted by atomic mass is 9.97. The first-order valence-corrected chi connectivity index (χ1v) is 11.8. The molecule has 7 heteroatoms. The molecule has 0 N–H and O–H groups in total. The van der Waals surface area contributed by atoms with Crippen LogP contribution in [0.25, 0.3) is 0 Å². The van der Waals surface area contributed by atoms with Gasteiger partial charge in [-0.25, -0.2) is 0 Å². The molecule has 0 radical (unpaired) electrons. The third-order valence-electron chi connectivity index (χ3n) is 5.47. The molecular weight excluding hydrogens is 392 g/mol. The van der Waals surface area contributed by atoms with E-state index in [1.807, 2.05) is 24.3 Å². The van der Waals surface area contributed by atoms with Crippen LogP contribution < -0.4 is 0 Å². The fourth-order valence-corrected chi connectivity index (χ4v) is 3.68. The predicted octanol–water partition coefficient (Wildman–Crippen LogP) is 6.82. The van der Waals surface area contributed by atoms with Crippen molar-refractivity contribution in [3.8, 4) is 0 Å². The molecule has 1 aromatic rings. The highest BCUT2D eigenvalue weighted by atomic mass is 16.5. The zero-order chi connectivity index (χ0) is 22.2. The lowest BCUT2D eigenvalue weighted by Crippen LogP contribution is -2.14. The summed E-state index contributed by atoms with van der Waals surface area (Å²) in [5.41, 5.74) is 1.83. The van der Waals surface area contributed by atoms with Gasteiger partial charge in [-0.15, -0.1) is 10.2 Å². The Morgan fingerprint density at radius 1 is 0.871 bits per heavy atom. The van der Waals surface area contributed by atoms with Crippen LogP contribution in [-0.4, -0.2) is 24.5 Å². The van der Waals surface area contributed by atoms with Gasteiger partial charge in [-0.05, 0) is 28.9 Å². The first kappa shape index (κ1) is 24.8. The lowest BCUT2D eigenvalue weighted by Gasteiger charge is -2.09. The number of benzene rings is 1. The molecule has 0 unspecified atom stereocenters. The summed E-state index contributed by atoms with van der Waals surface area (Å²) in [4.78, 5) is 24.4. The van der Waals surface area contributed by atoms with Gasteiger partial charge in [0.25, 0.3) is 0 Å². The second kappa shape index (κ2) is 15.4. The summed E-state index contributed by atoms with van der Waals surface area (Å²) in [5.74, 6) is -0.438. The number of esters is 1. The van der Waals surface area contributed by atoms with Gasteiger partial charge in [0.2, 0.25) is 0 Å². The third kappa shape index (κ3) is 10.4. The Morgan fingerprint density at radius 3 is 2.16 bits per heavy atom. The Hall–Kier alpha value is -2.44. The van der Waals surface area contributed by atoms with Gasteiger partial charge >= 0.3 is 5.97 Å². The van der Waals surface area contributed by atoms with Crippen LogP contribution in [0.5, 0.6) is 0 Å². The monoisotopic (exact) mass is 428 g/mol. The second-order valence-electron chi connectivity index (χ2n) is 8.08. The largest absolute Gasteiger partial charge is 0.465 e. The summed E-state index contributed by atoms with van der Waals surface area (Å²) in [5, 5.41) is 14.0. The highest BCUT2D eigenvalue weighted by Gasteiger charge is 2.17. The average molecular weight is 429 g/mol. The molecule has 0 atom stereocenters. The van der Waals surface area contributed by atoms with Crippen LogP contribution in [0.15, 0.2) is 44.9 Å². The molecule has 0 saturated heterocycles. The molecule has 170 valence electrons. The van der Waals surface area contributed by atoms with Gasteiger partial charge in [0.15, 0.2) is 11.9 Å². The fourth-order valence-electron chi connectivity index (χ4n) is 3.68. The molecule has 0 amide bonds. The van der Waals surface area contributed by atoms with E-state index in [2.05, 4.69) is 27.6 Å². The van der Waals surface area contributed by atoms with E-state index < -0.39 is 12.1 Å². The standard InChI is InChI=1S/C24H36N4O3/c1-2-3-4-5-6-7-8-9-10-11-14-20-15-12-13-16-21(20)22(29)17-18-31-24(30)19-23-25-27-28-26-23/h12-13,15-16,23H,2-11,14,17-19H2,1H3. The van der Waals surface area contributed by atoms with Crippen LogP contribution in [0.4, 0.5) is 0 Å². The Bertz CT molecular complexity index is 721. The maximum atomic E-state index is 12.6. The quantitative estimate of drug-likeness (QED) is 0.155. The minimum absolute atomic E-state index is 0.00345. The summed E-state index contributed by atoms with van der Waals surface area (Å²) in [6, 6.07) is 7.77. The van der Waals surface area contributed by atoms with Crippen LogP contribution in [0.2, 0.25) is 0 Å². The Kier molecular flexibility index (Phi) is 12.3. The molecule has 0 spiro atoms. The molecule has 0 aliphatic carbocycles. The number of nitrogens with zero attached hydrogens (tertiary/aromatic N) is 4. The minimum Gasteiger partial charge on any atom is -0.465 e. The second-order valence-corrected chi connectivity index (χ2v) is 8.08. The van der Waals surface area contributed by atoms with Crippen molar-refractivity contribution in [2.75, 3.05) is 6.61 Å². The van der Waals surface area contributed by atoms with Crippen LogP contribution in [0, 0.1) is 0 Å². The van der Waals surface area contributed by atoms with Crippen LogP contribution in [-0.2, 0) is 16.0 Å². The maximum Gasteiger partial charge on any atom is 0.310 e. The molecule has 1 heterocycles. The number of carbonyl (C=O) groups is 2. The third-order valence-corrected chi connectivity index (χ3v) is 5.47. The fraction of sp³-hybridized carbons (Fsp3) is 0.667. The Balaban J connectivity index is 1.61. The predicted molar refractivity (Wildman–Crippen MR) is 120 cm³/mol. The number of unbranched alkanes of at least 4 members (excludes halogenated alkanes) is 9. The van der Waals surface area contributed by atoms with Gasteiger partial charge in [0.1, 0.15) is 0 Å². The molecule has 0 saturated carbocycles. The highest BCUT2D eigenvalue weighted by Crippen LogP contribution is 2.17. The number of hydrogen-bond acceptors (Lipinski definition) is 7. The number of ether oxygens (including phenoxy) is 1. The number of aryl methyl sites for hydroxylation is 1. The molecule has 1 aromatic carbocycles. The van der Waals surface area contributed by atoms with Gasteiger partial charge < -0.3 is 4.74 Å². The molecule has 1 aliphatic heterocycles. The summed E-state index contributed by atoms with van der Waals surface area (Å²) >= 11 is 0. The summed E-state index contributed by atoms with van der Waals surface area (Å²) in [7, 11) is 0. The van der Waals surface area contributed by atoms with E-state index in [9.17, 15) is 9.59 Å². The maximum absolute atomic E-state index is 12.6. The zero-order valence-corrected chi connectivity index (χ0v) is 18.8. The summed E-state index contributed by atoms with van der Waals surface area (Å²) in [6.45, 7) is 2.31. The summed E-state index contributed by atoms with van der Waals surface area (Å²) < 4.78 is 5.14. The molecule has 31 heavy (non-hydrogen) atoms. The van der Waals surface area contributed by atoms with E-state index in [1.54, 1.807) is 0 Å². The van der Waals surface area contributed by atoms with Crippen molar-refractivity contribution < 1.29 is 14.3 Å². The van der Waals surface area contributed by atoms with E-state index >= 15 is 0 Å². The molecular formula is C24H36N4O3. The number of ketones is 1. The summed E-state index contributed by atoms with van der Waals surface area (Å²) in [6.07, 6.45) is 13.5. The smallest absolute Gasteiger partial charge is 0.310 e. The molecule has 0 aromatic heterocycles. The molecule has 0 fully saturated rings. The molecule has 7 nitrogen and oxygen atoms in total. The minimum atomic E-state index is -0.593. The van der Waals surface area contributed by atoms with Crippen molar-refractivity contribution in [3.05, 3.63) is 35.4 Å². The van der Waals surface area contributed by atoms with E-state index in [4.69, 9.17) is 4.74 Å². The Labute approximate surface area is 185 Å². The molecule has 1 aliphatic rings. The van der Waals surface area contributed by atoms with Gasteiger partial charge in [-0.1, -0.05) is 89.0 Å². The number of Topliss-reactive ketones (excluding diaryl/α,β-unsaturated/α-hetero) is 1. The SMILES string of the molecule is CCCCCCCCCCCCc1ccccc1C(=O)CCOC(=O)CC1N=NN=N1. The van der Waals surface area contributed by atoms with Crippen molar-refractivity contribution >= 4 is 11.8 Å². The average Bonchev–Trinajstić information content (AvgIpc) is 3.28. The molecule has 0 bridgehead atoms. The van der Waals surface area contributed by atoms with Crippen LogP contribution in [0.3, 0.4) is 0 Å². The van der Waals surface area contributed by atoms with Crippen LogP contribution in [0.1, 0.15) is 99.9 Å². The van der Waals surface area contributed by atoms with E-state index in [0.717, 1.165) is 24.0 Å². The van der Waals surface area contributed by atoms with Gasteiger partial charge in [-0.2, -0.15) is 0 Å². The van der Waals surface area contributed by atoms with Crippen molar-refractivity contribution in [2.45, 2.75) is 96.6 Å². The Morgan fingerprint density at radius 2 is 1.48 bits per heavy atom. The highest BCUT2D eigenvalue weighted by molar-refractivity contribution is 5.97. The first-order valence-electron chi connectivity index (χ1n) is 11.8. The van der Waals surface area contributed by atoms with E-state index in [0.29, 0.717) is 0 Å². The zero-order valence-electron chi connectivity index (χ0n) is 18.8. The number of hydrogen-bond donors (Lipinski definition) is 0. The van der Waals surface area contributed by atoms with E-state index in [-0.39, 0.29) is 25.2 Å². The molecule has 2 rings (SSSR count). The normalized spacial score (nSPS) is 13.1.